The maximum Gasteiger partial charge on any atom is 0.253 e. The molecule has 1 aromatic rings. The first-order valence-electron chi connectivity index (χ1n) is 7.01. The van der Waals surface area contributed by atoms with E-state index in [0.29, 0.717) is 25.0 Å². The topological polar surface area (TPSA) is 41.6 Å². The maximum absolute atomic E-state index is 12.5. The normalized spacial score (nSPS) is 28.5. The molecule has 1 aromatic carbocycles. The number of likely N-dealkylation sites (tertiary alicyclic amines) is 1. The molecule has 3 aliphatic rings. The first kappa shape index (κ1) is 11.4. The molecule has 100 valence electrons. The van der Waals surface area contributed by atoms with Gasteiger partial charge >= 0.3 is 0 Å². The lowest BCUT2D eigenvalue weighted by molar-refractivity contribution is 0.0781. The summed E-state index contributed by atoms with van der Waals surface area (Å²) >= 11 is 0. The SMILES string of the molecule is O=C(c1ccc2c(c1)COC2)N1CC2CNCC2C1. The Balaban J connectivity index is 1.54. The highest BCUT2D eigenvalue weighted by Crippen LogP contribution is 2.28. The summed E-state index contributed by atoms with van der Waals surface area (Å²) in [4.78, 5) is 14.6. The van der Waals surface area contributed by atoms with E-state index in [0.717, 1.165) is 31.7 Å². The Labute approximate surface area is 112 Å². The van der Waals surface area contributed by atoms with Crippen LogP contribution in [0.5, 0.6) is 0 Å². The van der Waals surface area contributed by atoms with Crippen molar-refractivity contribution in [3.63, 3.8) is 0 Å². The summed E-state index contributed by atoms with van der Waals surface area (Å²) in [7, 11) is 0. The zero-order chi connectivity index (χ0) is 12.8. The monoisotopic (exact) mass is 258 g/mol. The summed E-state index contributed by atoms with van der Waals surface area (Å²) in [6.07, 6.45) is 0. The van der Waals surface area contributed by atoms with Gasteiger partial charge in [-0.15, -0.1) is 0 Å². The number of nitrogens with one attached hydrogen (secondary N) is 1. The quantitative estimate of drug-likeness (QED) is 0.817. The van der Waals surface area contributed by atoms with Gasteiger partial charge in [0, 0.05) is 31.7 Å². The Bertz CT molecular complexity index is 517. The van der Waals surface area contributed by atoms with Crippen molar-refractivity contribution in [3.05, 3.63) is 34.9 Å². The van der Waals surface area contributed by atoms with Gasteiger partial charge in [0.1, 0.15) is 0 Å². The third-order valence-corrected chi connectivity index (χ3v) is 4.65. The van der Waals surface area contributed by atoms with E-state index < -0.39 is 0 Å². The Morgan fingerprint density at radius 2 is 1.89 bits per heavy atom. The van der Waals surface area contributed by atoms with Crippen molar-refractivity contribution in [1.82, 2.24) is 10.2 Å². The minimum absolute atomic E-state index is 0.184. The van der Waals surface area contributed by atoms with Gasteiger partial charge in [-0.3, -0.25) is 4.79 Å². The molecule has 1 amide bonds. The second-order valence-electron chi connectivity index (χ2n) is 5.86. The van der Waals surface area contributed by atoms with Crippen molar-refractivity contribution in [2.45, 2.75) is 13.2 Å². The lowest BCUT2D eigenvalue weighted by Gasteiger charge is -2.18. The molecule has 0 radical (unpaired) electrons. The number of benzene rings is 1. The molecule has 4 nitrogen and oxygen atoms in total. The van der Waals surface area contributed by atoms with Crippen LogP contribution in [0.2, 0.25) is 0 Å². The van der Waals surface area contributed by atoms with Crippen LogP contribution in [-0.2, 0) is 18.0 Å². The van der Waals surface area contributed by atoms with Crippen LogP contribution in [0.15, 0.2) is 18.2 Å². The van der Waals surface area contributed by atoms with E-state index in [1.54, 1.807) is 0 Å². The Hall–Kier alpha value is -1.39. The van der Waals surface area contributed by atoms with Crippen molar-refractivity contribution in [2.75, 3.05) is 26.2 Å². The molecule has 0 bridgehead atoms. The van der Waals surface area contributed by atoms with Crippen LogP contribution >= 0.6 is 0 Å². The van der Waals surface area contributed by atoms with Crippen molar-refractivity contribution in [1.29, 1.82) is 0 Å². The maximum atomic E-state index is 12.5. The molecule has 0 aliphatic carbocycles. The number of carbonyl (C=O) groups is 1. The van der Waals surface area contributed by atoms with Gasteiger partial charge in [-0.05, 0) is 35.1 Å². The Morgan fingerprint density at radius 3 is 2.68 bits per heavy atom. The molecule has 2 atom stereocenters. The van der Waals surface area contributed by atoms with E-state index in [4.69, 9.17) is 4.74 Å². The van der Waals surface area contributed by atoms with Crippen molar-refractivity contribution >= 4 is 5.91 Å². The first-order chi connectivity index (χ1) is 9.31. The largest absolute Gasteiger partial charge is 0.372 e. The molecule has 0 aromatic heterocycles. The Kier molecular flexibility index (Phi) is 2.60. The molecule has 0 spiro atoms. The summed E-state index contributed by atoms with van der Waals surface area (Å²) in [5.74, 6) is 1.49. The summed E-state index contributed by atoms with van der Waals surface area (Å²) in [6.45, 7) is 5.27. The van der Waals surface area contributed by atoms with E-state index >= 15 is 0 Å². The van der Waals surface area contributed by atoms with Crippen LogP contribution < -0.4 is 5.32 Å². The Morgan fingerprint density at radius 1 is 1.16 bits per heavy atom. The number of amides is 1. The van der Waals surface area contributed by atoms with Crippen LogP contribution in [0.1, 0.15) is 21.5 Å². The number of ether oxygens (including phenoxy) is 1. The summed E-state index contributed by atoms with van der Waals surface area (Å²) in [5.41, 5.74) is 3.21. The zero-order valence-electron chi connectivity index (χ0n) is 10.9. The number of rotatable bonds is 1. The molecule has 2 fully saturated rings. The average molecular weight is 258 g/mol. The standard InChI is InChI=1S/C15H18N2O2/c18-15(17-6-13-4-16-5-14(13)7-17)10-1-2-11-8-19-9-12(11)3-10/h1-3,13-14,16H,4-9H2. The summed E-state index contributed by atoms with van der Waals surface area (Å²) in [6, 6.07) is 5.99. The molecular weight excluding hydrogens is 240 g/mol. The molecule has 4 rings (SSSR count). The summed E-state index contributed by atoms with van der Waals surface area (Å²) < 4.78 is 5.40. The van der Waals surface area contributed by atoms with Gasteiger partial charge in [-0.2, -0.15) is 0 Å². The molecule has 3 aliphatic heterocycles. The lowest BCUT2D eigenvalue weighted by atomic mass is 10.0. The third kappa shape index (κ3) is 1.86. The number of hydrogen-bond acceptors (Lipinski definition) is 3. The highest BCUT2D eigenvalue weighted by atomic mass is 16.5. The van der Waals surface area contributed by atoms with Gasteiger partial charge < -0.3 is 15.0 Å². The van der Waals surface area contributed by atoms with E-state index in [1.165, 1.54) is 11.1 Å². The average Bonchev–Trinajstić information content (AvgIpc) is 3.11. The zero-order valence-corrected chi connectivity index (χ0v) is 10.9. The molecule has 2 unspecified atom stereocenters. The molecule has 2 saturated heterocycles. The molecular formula is C15H18N2O2. The number of carbonyl (C=O) groups excluding carboxylic acids is 1. The lowest BCUT2D eigenvalue weighted by Crippen LogP contribution is -2.31. The van der Waals surface area contributed by atoms with Crippen LogP contribution in [0.3, 0.4) is 0 Å². The molecule has 1 N–H and O–H groups in total. The van der Waals surface area contributed by atoms with Crippen LogP contribution in [0.25, 0.3) is 0 Å². The fourth-order valence-corrected chi connectivity index (χ4v) is 3.51. The van der Waals surface area contributed by atoms with Crippen molar-refractivity contribution in [3.8, 4) is 0 Å². The highest BCUT2D eigenvalue weighted by molar-refractivity contribution is 5.94. The second-order valence-corrected chi connectivity index (χ2v) is 5.86. The van der Waals surface area contributed by atoms with Gasteiger partial charge in [0.15, 0.2) is 0 Å². The van der Waals surface area contributed by atoms with Crippen molar-refractivity contribution < 1.29 is 9.53 Å². The second kappa shape index (κ2) is 4.32. The van der Waals surface area contributed by atoms with Crippen molar-refractivity contribution in [2.24, 2.45) is 11.8 Å². The van der Waals surface area contributed by atoms with Crippen LogP contribution in [0.4, 0.5) is 0 Å². The molecule has 3 heterocycles. The first-order valence-corrected chi connectivity index (χ1v) is 7.01. The smallest absolute Gasteiger partial charge is 0.253 e. The summed E-state index contributed by atoms with van der Waals surface area (Å²) in [5, 5.41) is 3.40. The van der Waals surface area contributed by atoms with Crippen LogP contribution in [-0.4, -0.2) is 37.0 Å². The molecule has 4 heteroatoms. The van der Waals surface area contributed by atoms with Crippen LogP contribution in [0, 0.1) is 11.8 Å². The predicted molar refractivity (Wildman–Crippen MR) is 70.7 cm³/mol. The highest BCUT2D eigenvalue weighted by Gasteiger charge is 2.38. The van der Waals surface area contributed by atoms with Gasteiger partial charge in [-0.1, -0.05) is 6.07 Å². The fraction of sp³-hybridized carbons (Fsp3) is 0.533. The van der Waals surface area contributed by atoms with Gasteiger partial charge in [0.25, 0.3) is 5.91 Å². The van der Waals surface area contributed by atoms with Gasteiger partial charge in [0.05, 0.1) is 13.2 Å². The number of nitrogens with zero attached hydrogens (tertiary/aromatic N) is 1. The van der Waals surface area contributed by atoms with E-state index in [9.17, 15) is 4.79 Å². The predicted octanol–water partition coefficient (Wildman–Crippen LogP) is 1.01. The number of fused-ring (bicyclic) bond motifs is 2. The van der Waals surface area contributed by atoms with E-state index in [-0.39, 0.29) is 5.91 Å². The minimum Gasteiger partial charge on any atom is -0.372 e. The molecule has 19 heavy (non-hydrogen) atoms. The van der Waals surface area contributed by atoms with Gasteiger partial charge in [0.2, 0.25) is 0 Å². The fourth-order valence-electron chi connectivity index (χ4n) is 3.51. The van der Waals surface area contributed by atoms with Gasteiger partial charge in [-0.25, -0.2) is 0 Å². The molecule has 0 saturated carbocycles. The number of hydrogen-bond donors (Lipinski definition) is 1. The third-order valence-electron chi connectivity index (χ3n) is 4.65. The van der Waals surface area contributed by atoms with E-state index in [1.807, 2.05) is 23.1 Å². The van der Waals surface area contributed by atoms with E-state index in [2.05, 4.69) is 5.32 Å². The minimum atomic E-state index is 0.184.